The van der Waals surface area contributed by atoms with E-state index in [2.05, 4.69) is 5.43 Å². The van der Waals surface area contributed by atoms with Crippen LogP contribution in [0.2, 0.25) is 0 Å². The van der Waals surface area contributed by atoms with Crippen LogP contribution in [0.4, 0.5) is 0 Å². The summed E-state index contributed by atoms with van der Waals surface area (Å²) in [5, 5.41) is 10.3. The molecule has 0 aromatic heterocycles. The molecule has 1 aromatic rings. The van der Waals surface area contributed by atoms with Gasteiger partial charge < -0.3 is 5.11 Å². The first-order valence-corrected chi connectivity index (χ1v) is 6.49. The molecule has 2 N–H and O–H groups in total. The Morgan fingerprint density at radius 3 is 2.60 bits per heavy atom. The molecule has 20 heavy (non-hydrogen) atoms. The maximum absolute atomic E-state index is 12.2. The topological polar surface area (TPSA) is 86.7 Å². The molecule has 2 amide bonds. The molecule has 0 unspecified atom stereocenters. The second-order valence-corrected chi connectivity index (χ2v) is 5.19. The van der Waals surface area contributed by atoms with Gasteiger partial charge in [-0.25, -0.2) is 5.01 Å². The minimum Gasteiger partial charge on any atom is -0.480 e. The van der Waals surface area contributed by atoms with Gasteiger partial charge in [0.1, 0.15) is 5.41 Å². The molecule has 3 rings (SSSR count). The van der Waals surface area contributed by atoms with Gasteiger partial charge in [-0.2, -0.15) is 0 Å². The molecule has 2 aliphatic rings. The molecular formula is C14H14N2O4. The zero-order valence-electron chi connectivity index (χ0n) is 10.8. The SMILES string of the molecule is O=C1c2ccccc2CCN1NC(=O)C1(C(=O)O)CC1. The molecule has 0 saturated heterocycles. The van der Waals surface area contributed by atoms with E-state index in [-0.39, 0.29) is 5.91 Å². The summed E-state index contributed by atoms with van der Waals surface area (Å²) in [4.78, 5) is 35.3. The molecule has 0 atom stereocenters. The van der Waals surface area contributed by atoms with E-state index in [1.807, 2.05) is 12.1 Å². The molecule has 1 aliphatic heterocycles. The van der Waals surface area contributed by atoms with E-state index in [0.717, 1.165) is 5.56 Å². The van der Waals surface area contributed by atoms with E-state index in [4.69, 9.17) is 5.11 Å². The van der Waals surface area contributed by atoms with Gasteiger partial charge in [-0.1, -0.05) is 18.2 Å². The molecule has 6 nitrogen and oxygen atoms in total. The third-order valence-corrected chi connectivity index (χ3v) is 3.93. The third kappa shape index (κ3) is 1.84. The largest absolute Gasteiger partial charge is 0.480 e. The number of aliphatic carboxylic acids is 1. The number of fused-ring (bicyclic) bond motifs is 1. The summed E-state index contributed by atoms with van der Waals surface area (Å²) in [5.74, 6) is -2.01. The predicted molar refractivity (Wildman–Crippen MR) is 68.6 cm³/mol. The van der Waals surface area contributed by atoms with E-state index in [1.165, 1.54) is 5.01 Å². The lowest BCUT2D eigenvalue weighted by molar-refractivity contribution is -0.150. The molecule has 1 saturated carbocycles. The van der Waals surface area contributed by atoms with E-state index < -0.39 is 17.3 Å². The molecule has 6 heteroatoms. The number of carboxylic acid groups (broad SMARTS) is 1. The first-order chi connectivity index (χ1) is 9.54. The van der Waals surface area contributed by atoms with Crippen LogP contribution in [0, 0.1) is 5.41 Å². The quantitative estimate of drug-likeness (QED) is 0.789. The van der Waals surface area contributed by atoms with Gasteiger partial charge in [0.25, 0.3) is 11.8 Å². The van der Waals surface area contributed by atoms with E-state index in [0.29, 0.717) is 31.4 Å². The number of benzene rings is 1. The Morgan fingerprint density at radius 1 is 1.25 bits per heavy atom. The summed E-state index contributed by atoms with van der Waals surface area (Å²) >= 11 is 0. The number of carbonyl (C=O) groups excluding carboxylic acids is 2. The highest BCUT2D eigenvalue weighted by atomic mass is 16.4. The Bertz CT molecular complexity index is 607. The number of nitrogens with one attached hydrogen (secondary N) is 1. The number of hydrogen-bond donors (Lipinski definition) is 2. The number of hydrogen-bond acceptors (Lipinski definition) is 3. The standard InChI is InChI=1S/C14H14N2O4/c17-11-10-4-2-1-3-9(10)5-8-16(11)15-12(18)14(6-7-14)13(19)20/h1-4H,5-8H2,(H,15,18)(H,19,20). The van der Waals surface area contributed by atoms with E-state index in [1.54, 1.807) is 12.1 Å². The van der Waals surface area contributed by atoms with Gasteiger partial charge in [0, 0.05) is 12.1 Å². The van der Waals surface area contributed by atoms with Crippen molar-refractivity contribution in [3.8, 4) is 0 Å². The highest BCUT2D eigenvalue weighted by Gasteiger charge is 2.57. The second kappa shape index (κ2) is 4.33. The van der Waals surface area contributed by atoms with Crippen molar-refractivity contribution < 1.29 is 19.5 Å². The highest BCUT2D eigenvalue weighted by Crippen LogP contribution is 2.46. The van der Waals surface area contributed by atoms with Crippen molar-refractivity contribution in [2.75, 3.05) is 6.54 Å². The monoisotopic (exact) mass is 274 g/mol. The number of carbonyl (C=O) groups is 3. The van der Waals surface area contributed by atoms with Crippen LogP contribution in [0.15, 0.2) is 24.3 Å². The van der Waals surface area contributed by atoms with Crippen LogP contribution in [-0.4, -0.2) is 34.4 Å². The average Bonchev–Trinajstić information content (AvgIpc) is 3.24. The second-order valence-electron chi connectivity index (χ2n) is 5.19. The number of hydrazine groups is 1. The fourth-order valence-electron chi connectivity index (χ4n) is 2.43. The summed E-state index contributed by atoms with van der Waals surface area (Å²) in [6, 6.07) is 7.22. The van der Waals surface area contributed by atoms with Crippen molar-refractivity contribution >= 4 is 17.8 Å². The highest BCUT2D eigenvalue weighted by molar-refractivity contribution is 6.06. The van der Waals surface area contributed by atoms with Gasteiger partial charge in [-0.05, 0) is 30.9 Å². The Kier molecular flexibility index (Phi) is 2.74. The van der Waals surface area contributed by atoms with Gasteiger partial charge in [0.2, 0.25) is 0 Å². The third-order valence-electron chi connectivity index (χ3n) is 3.93. The van der Waals surface area contributed by atoms with Crippen LogP contribution < -0.4 is 5.43 Å². The fraction of sp³-hybridized carbons (Fsp3) is 0.357. The summed E-state index contributed by atoms with van der Waals surface area (Å²) in [5.41, 5.74) is 2.62. The van der Waals surface area contributed by atoms with Gasteiger partial charge >= 0.3 is 5.97 Å². The van der Waals surface area contributed by atoms with Crippen molar-refractivity contribution in [2.45, 2.75) is 19.3 Å². The van der Waals surface area contributed by atoms with Crippen molar-refractivity contribution in [3.63, 3.8) is 0 Å². The number of amides is 2. The minimum absolute atomic E-state index is 0.290. The fourth-order valence-corrected chi connectivity index (χ4v) is 2.43. The maximum atomic E-state index is 12.2. The molecule has 1 aromatic carbocycles. The lowest BCUT2D eigenvalue weighted by atomic mass is 10.00. The zero-order chi connectivity index (χ0) is 14.3. The number of nitrogens with zero attached hydrogens (tertiary/aromatic N) is 1. The molecule has 1 heterocycles. The van der Waals surface area contributed by atoms with Crippen LogP contribution >= 0.6 is 0 Å². The Balaban J connectivity index is 1.76. The molecule has 0 bridgehead atoms. The summed E-state index contributed by atoms with van der Waals surface area (Å²) in [7, 11) is 0. The predicted octanol–water partition coefficient (Wildman–Crippen LogP) is 0.581. The Morgan fingerprint density at radius 2 is 1.95 bits per heavy atom. The molecule has 0 spiro atoms. The van der Waals surface area contributed by atoms with Crippen LogP contribution in [0.1, 0.15) is 28.8 Å². The van der Waals surface area contributed by atoms with E-state index >= 15 is 0 Å². The van der Waals surface area contributed by atoms with Crippen LogP contribution in [0.3, 0.4) is 0 Å². The Labute approximate surface area is 115 Å². The van der Waals surface area contributed by atoms with Crippen molar-refractivity contribution in [3.05, 3.63) is 35.4 Å². The Hall–Kier alpha value is -2.37. The maximum Gasteiger partial charge on any atom is 0.319 e. The van der Waals surface area contributed by atoms with Crippen molar-refractivity contribution in [2.24, 2.45) is 5.41 Å². The van der Waals surface area contributed by atoms with E-state index in [9.17, 15) is 14.4 Å². The summed E-state index contributed by atoms with van der Waals surface area (Å²) in [6.45, 7) is 0.358. The first-order valence-electron chi connectivity index (χ1n) is 6.49. The molecular weight excluding hydrogens is 260 g/mol. The molecule has 1 aliphatic carbocycles. The molecule has 1 fully saturated rings. The molecule has 0 radical (unpaired) electrons. The van der Waals surface area contributed by atoms with Crippen molar-refractivity contribution in [1.29, 1.82) is 0 Å². The normalized spacial score (nSPS) is 19.2. The number of carboxylic acids is 1. The van der Waals surface area contributed by atoms with Crippen LogP contribution in [-0.2, 0) is 16.0 Å². The lowest BCUT2D eigenvalue weighted by Crippen LogP contribution is -2.52. The van der Waals surface area contributed by atoms with Crippen LogP contribution in [0.25, 0.3) is 0 Å². The van der Waals surface area contributed by atoms with Crippen molar-refractivity contribution in [1.82, 2.24) is 10.4 Å². The van der Waals surface area contributed by atoms with Gasteiger partial charge in [0.15, 0.2) is 0 Å². The lowest BCUT2D eigenvalue weighted by Gasteiger charge is -2.29. The van der Waals surface area contributed by atoms with Gasteiger partial charge in [-0.3, -0.25) is 19.8 Å². The van der Waals surface area contributed by atoms with Crippen LogP contribution in [0.5, 0.6) is 0 Å². The summed E-state index contributed by atoms with van der Waals surface area (Å²) in [6.07, 6.45) is 1.29. The minimum atomic E-state index is -1.34. The number of rotatable bonds is 3. The average molecular weight is 274 g/mol. The summed E-state index contributed by atoms with van der Waals surface area (Å²) < 4.78 is 0. The smallest absolute Gasteiger partial charge is 0.319 e. The van der Waals surface area contributed by atoms with Gasteiger partial charge in [-0.15, -0.1) is 0 Å². The zero-order valence-corrected chi connectivity index (χ0v) is 10.8. The molecule has 104 valence electrons. The van der Waals surface area contributed by atoms with Gasteiger partial charge in [0.05, 0.1) is 0 Å². The first kappa shape index (κ1) is 12.7.